The van der Waals surface area contributed by atoms with Crippen LogP contribution >= 0.6 is 15.9 Å². The molecule has 0 bridgehead atoms. The number of amides is 1. The predicted molar refractivity (Wildman–Crippen MR) is 91.7 cm³/mol. The first-order valence-corrected chi connectivity index (χ1v) is 7.80. The van der Waals surface area contributed by atoms with Crippen LogP contribution in [-0.4, -0.2) is 11.9 Å². The van der Waals surface area contributed by atoms with Gasteiger partial charge >= 0.3 is 0 Å². The number of aryl methyl sites for hydroxylation is 1. The van der Waals surface area contributed by atoms with Gasteiger partial charge in [-0.05, 0) is 49.2 Å². The maximum Gasteiger partial charge on any atom is 0.246 e. The highest BCUT2D eigenvalue weighted by molar-refractivity contribution is 9.10. The number of carbonyl (C=O) groups is 1. The van der Waals surface area contributed by atoms with Gasteiger partial charge in [-0.2, -0.15) is 0 Å². The molecule has 0 aliphatic carbocycles. The molecule has 0 radical (unpaired) electrons. The minimum Gasteiger partial charge on any atom is -0.374 e. The maximum absolute atomic E-state index is 12.2. The van der Waals surface area contributed by atoms with Crippen LogP contribution in [0.5, 0.6) is 0 Å². The Bertz CT molecular complexity index is 610. The van der Waals surface area contributed by atoms with Crippen LogP contribution in [0.15, 0.2) is 53.0 Å². The second kappa shape index (κ2) is 7.27. The molecule has 3 nitrogen and oxygen atoms in total. The number of hydrogen-bond acceptors (Lipinski definition) is 2. The normalized spacial score (nSPS) is 11.8. The molecule has 0 heterocycles. The molecule has 2 rings (SSSR count). The highest BCUT2D eigenvalue weighted by Gasteiger charge is 2.13. The SMILES string of the molecule is CCc1ccccc1N[C@H](C)C(=O)Nc1ccc(Br)cc1. The van der Waals surface area contributed by atoms with Gasteiger partial charge in [-0.25, -0.2) is 0 Å². The number of benzene rings is 2. The zero-order chi connectivity index (χ0) is 15.2. The predicted octanol–water partition coefficient (Wildman–Crippen LogP) is 4.45. The summed E-state index contributed by atoms with van der Waals surface area (Å²) in [5.74, 6) is -0.0526. The fraction of sp³-hybridized carbons (Fsp3) is 0.235. The second-order valence-electron chi connectivity index (χ2n) is 4.87. The standard InChI is InChI=1S/C17H19BrN2O/c1-3-13-6-4-5-7-16(13)19-12(2)17(21)20-15-10-8-14(18)9-11-15/h4-12,19H,3H2,1-2H3,(H,20,21)/t12-/m1/s1. The molecule has 0 fully saturated rings. The van der Waals surface area contributed by atoms with Gasteiger partial charge < -0.3 is 10.6 Å². The molecule has 0 spiro atoms. The van der Waals surface area contributed by atoms with Crippen LogP contribution in [-0.2, 0) is 11.2 Å². The quantitative estimate of drug-likeness (QED) is 0.839. The molecule has 0 saturated carbocycles. The van der Waals surface area contributed by atoms with E-state index in [1.807, 2.05) is 49.4 Å². The lowest BCUT2D eigenvalue weighted by atomic mass is 10.1. The number of anilines is 2. The lowest BCUT2D eigenvalue weighted by Gasteiger charge is -2.17. The first-order valence-electron chi connectivity index (χ1n) is 7.01. The summed E-state index contributed by atoms with van der Waals surface area (Å²) in [6.45, 7) is 3.97. The highest BCUT2D eigenvalue weighted by atomic mass is 79.9. The minimum atomic E-state index is -0.304. The molecular formula is C17H19BrN2O. The van der Waals surface area contributed by atoms with Crippen molar-refractivity contribution in [3.63, 3.8) is 0 Å². The third-order valence-electron chi connectivity index (χ3n) is 3.28. The Balaban J connectivity index is 2.01. The van der Waals surface area contributed by atoms with Crippen molar-refractivity contribution in [3.05, 3.63) is 58.6 Å². The molecule has 1 atom stereocenters. The van der Waals surface area contributed by atoms with Crippen LogP contribution < -0.4 is 10.6 Å². The van der Waals surface area contributed by atoms with Crippen molar-refractivity contribution in [1.82, 2.24) is 0 Å². The molecule has 110 valence electrons. The van der Waals surface area contributed by atoms with E-state index in [4.69, 9.17) is 0 Å². The second-order valence-corrected chi connectivity index (χ2v) is 5.79. The third-order valence-corrected chi connectivity index (χ3v) is 3.80. The van der Waals surface area contributed by atoms with Crippen LogP contribution in [0.1, 0.15) is 19.4 Å². The van der Waals surface area contributed by atoms with E-state index in [9.17, 15) is 4.79 Å². The molecular weight excluding hydrogens is 328 g/mol. The first kappa shape index (κ1) is 15.6. The van der Waals surface area contributed by atoms with Gasteiger partial charge in [-0.1, -0.05) is 41.1 Å². The topological polar surface area (TPSA) is 41.1 Å². The van der Waals surface area contributed by atoms with E-state index in [0.29, 0.717) is 0 Å². The van der Waals surface area contributed by atoms with Crippen LogP contribution in [0, 0.1) is 0 Å². The molecule has 4 heteroatoms. The van der Waals surface area contributed by atoms with Crippen molar-refractivity contribution in [2.24, 2.45) is 0 Å². The van der Waals surface area contributed by atoms with Gasteiger partial charge in [0, 0.05) is 15.8 Å². The Morgan fingerprint density at radius 1 is 1.14 bits per heavy atom. The van der Waals surface area contributed by atoms with Crippen molar-refractivity contribution in [2.45, 2.75) is 26.3 Å². The van der Waals surface area contributed by atoms with Gasteiger partial charge in [0.05, 0.1) is 0 Å². The van der Waals surface area contributed by atoms with E-state index in [-0.39, 0.29) is 11.9 Å². The summed E-state index contributed by atoms with van der Waals surface area (Å²) >= 11 is 3.38. The Hall–Kier alpha value is -1.81. The van der Waals surface area contributed by atoms with Crippen LogP contribution in [0.3, 0.4) is 0 Å². The molecule has 0 aliphatic heterocycles. The monoisotopic (exact) mass is 346 g/mol. The van der Waals surface area contributed by atoms with Crippen molar-refractivity contribution < 1.29 is 4.79 Å². The lowest BCUT2D eigenvalue weighted by molar-refractivity contribution is -0.116. The van der Waals surface area contributed by atoms with Crippen molar-refractivity contribution >= 4 is 33.2 Å². The summed E-state index contributed by atoms with van der Waals surface area (Å²) in [4.78, 5) is 12.2. The largest absolute Gasteiger partial charge is 0.374 e. The van der Waals surface area contributed by atoms with E-state index in [1.165, 1.54) is 5.56 Å². The third kappa shape index (κ3) is 4.33. The van der Waals surface area contributed by atoms with Gasteiger partial charge in [-0.15, -0.1) is 0 Å². The molecule has 1 amide bonds. The fourth-order valence-electron chi connectivity index (χ4n) is 2.05. The molecule has 21 heavy (non-hydrogen) atoms. The number of hydrogen-bond donors (Lipinski definition) is 2. The van der Waals surface area contributed by atoms with Gasteiger partial charge in [-0.3, -0.25) is 4.79 Å². The zero-order valence-electron chi connectivity index (χ0n) is 12.2. The van der Waals surface area contributed by atoms with Gasteiger partial charge in [0.1, 0.15) is 6.04 Å². The van der Waals surface area contributed by atoms with E-state index >= 15 is 0 Å². The smallest absolute Gasteiger partial charge is 0.246 e. The Morgan fingerprint density at radius 3 is 2.48 bits per heavy atom. The minimum absolute atomic E-state index is 0.0526. The highest BCUT2D eigenvalue weighted by Crippen LogP contribution is 2.18. The van der Waals surface area contributed by atoms with Crippen LogP contribution in [0.2, 0.25) is 0 Å². The average molecular weight is 347 g/mol. The number of rotatable bonds is 5. The average Bonchev–Trinajstić information content (AvgIpc) is 2.50. The molecule has 0 unspecified atom stereocenters. The van der Waals surface area contributed by atoms with E-state index < -0.39 is 0 Å². The zero-order valence-corrected chi connectivity index (χ0v) is 13.8. The summed E-state index contributed by atoms with van der Waals surface area (Å²) in [5, 5.41) is 6.18. The van der Waals surface area contributed by atoms with Crippen LogP contribution in [0.4, 0.5) is 11.4 Å². The molecule has 0 aliphatic rings. The van der Waals surface area contributed by atoms with E-state index in [1.54, 1.807) is 0 Å². The molecule has 2 N–H and O–H groups in total. The molecule has 0 saturated heterocycles. The summed E-state index contributed by atoms with van der Waals surface area (Å²) in [5.41, 5.74) is 3.01. The number of carbonyl (C=O) groups excluding carboxylic acids is 1. The number of halogens is 1. The summed E-state index contributed by atoms with van der Waals surface area (Å²) < 4.78 is 0.989. The Morgan fingerprint density at radius 2 is 1.81 bits per heavy atom. The molecule has 2 aromatic carbocycles. The summed E-state index contributed by atoms with van der Waals surface area (Å²) in [7, 11) is 0. The van der Waals surface area contributed by atoms with Crippen molar-refractivity contribution in [3.8, 4) is 0 Å². The lowest BCUT2D eigenvalue weighted by Crippen LogP contribution is -2.32. The van der Waals surface area contributed by atoms with Crippen molar-refractivity contribution in [2.75, 3.05) is 10.6 Å². The summed E-state index contributed by atoms with van der Waals surface area (Å²) in [6.07, 6.45) is 0.935. The first-order chi connectivity index (χ1) is 10.1. The fourth-order valence-corrected chi connectivity index (χ4v) is 2.32. The Kier molecular flexibility index (Phi) is 5.39. The van der Waals surface area contributed by atoms with Gasteiger partial charge in [0.2, 0.25) is 5.91 Å². The van der Waals surface area contributed by atoms with Crippen molar-refractivity contribution in [1.29, 1.82) is 0 Å². The van der Waals surface area contributed by atoms with E-state index in [0.717, 1.165) is 22.3 Å². The molecule has 0 aromatic heterocycles. The van der Waals surface area contributed by atoms with Crippen LogP contribution in [0.25, 0.3) is 0 Å². The number of para-hydroxylation sites is 1. The number of nitrogens with one attached hydrogen (secondary N) is 2. The van der Waals surface area contributed by atoms with E-state index in [2.05, 4.69) is 39.6 Å². The Labute approximate surface area is 133 Å². The maximum atomic E-state index is 12.2. The van der Waals surface area contributed by atoms with Gasteiger partial charge in [0.15, 0.2) is 0 Å². The van der Waals surface area contributed by atoms with Gasteiger partial charge in [0.25, 0.3) is 0 Å². The summed E-state index contributed by atoms with van der Waals surface area (Å²) in [6, 6.07) is 15.3. The molecule has 2 aromatic rings.